The molecular weight excluding hydrogens is 833 g/mol. The van der Waals surface area contributed by atoms with Gasteiger partial charge in [0.25, 0.3) is 0 Å². The van der Waals surface area contributed by atoms with E-state index >= 15 is 0 Å². The normalized spacial score (nSPS) is 15.4. The van der Waals surface area contributed by atoms with Crippen molar-refractivity contribution in [2.75, 3.05) is 33.3 Å². The molecular formula is C54H61N4O8+. The van der Waals surface area contributed by atoms with Crippen molar-refractivity contribution < 1.29 is 49.6 Å². The molecule has 8 rings (SSSR count). The van der Waals surface area contributed by atoms with Crippen LogP contribution in [0.1, 0.15) is 101 Å². The van der Waals surface area contributed by atoms with Gasteiger partial charge in [0.2, 0.25) is 11.8 Å². The predicted molar refractivity (Wildman–Crippen MR) is 253 cm³/mol. The summed E-state index contributed by atoms with van der Waals surface area (Å²) in [6, 6.07) is 44.7. The number of rotatable bonds is 11. The van der Waals surface area contributed by atoms with E-state index < -0.39 is 23.8 Å². The van der Waals surface area contributed by atoms with E-state index in [0.29, 0.717) is 28.8 Å². The summed E-state index contributed by atoms with van der Waals surface area (Å²) >= 11 is 0. The molecule has 12 heteroatoms. The van der Waals surface area contributed by atoms with Crippen molar-refractivity contribution in [1.82, 2.24) is 10.6 Å². The van der Waals surface area contributed by atoms with Crippen molar-refractivity contribution in [2.24, 2.45) is 0 Å². The van der Waals surface area contributed by atoms with Crippen LogP contribution in [0.4, 0.5) is 0 Å². The van der Waals surface area contributed by atoms with Gasteiger partial charge in [-0.25, -0.2) is 0 Å². The number of carboxylic acid groups (broad SMARTS) is 2. The number of aliphatic carboxylic acids is 2. The number of methoxy groups -OCH3 is 1. The Morgan fingerprint density at radius 2 is 1.12 bits per heavy atom. The van der Waals surface area contributed by atoms with Gasteiger partial charge in [-0.1, -0.05) is 128 Å². The molecule has 0 saturated heterocycles. The fourth-order valence-electron chi connectivity index (χ4n) is 7.90. The molecule has 2 aliphatic rings. The SMILES string of the molecule is CC(=O)NC[C@@H]1[NH2+]CCc2ccccc21.CC(=O)NC[C@@H]1[NH2+]CCc2ccccc21.COc1ccc2cc([C@H](C)C(=O)O)ccc2c1.C[C@H](C(=O)[O-])c1cccc(C(=O)c2ccccc2)c1. The average molecular weight is 894 g/mol. The molecule has 0 bridgehead atoms. The lowest BCUT2D eigenvalue weighted by atomic mass is 9.94. The number of nitrogens with two attached hydrogens (primary N) is 2. The second kappa shape index (κ2) is 24.8. The third kappa shape index (κ3) is 14.4. The number of nitrogens with one attached hydrogen (secondary N) is 2. The van der Waals surface area contributed by atoms with Gasteiger partial charge in [-0.05, 0) is 58.1 Å². The van der Waals surface area contributed by atoms with Crippen LogP contribution in [-0.2, 0) is 32.0 Å². The number of hydrogen-bond acceptors (Lipinski definition) is 7. The zero-order valence-electron chi connectivity index (χ0n) is 38.3. The second-order valence-corrected chi connectivity index (χ2v) is 16.4. The third-order valence-electron chi connectivity index (χ3n) is 11.8. The van der Waals surface area contributed by atoms with Crippen molar-refractivity contribution in [3.63, 3.8) is 0 Å². The van der Waals surface area contributed by atoms with Gasteiger partial charge in [0, 0.05) is 60.8 Å². The number of hydrogen-bond donors (Lipinski definition) is 5. The molecule has 12 nitrogen and oxygen atoms in total. The zero-order chi connectivity index (χ0) is 47.6. The lowest BCUT2D eigenvalue weighted by Crippen LogP contribution is -2.88. The first kappa shape index (κ1) is 49.9. The van der Waals surface area contributed by atoms with Crippen LogP contribution >= 0.6 is 0 Å². The lowest BCUT2D eigenvalue weighted by Gasteiger charge is -2.23. The number of carboxylic acids is 2. The summed E-state index contributed by atoms with van der Waals surface area (Å²) in [4.78, 5) is 55.7. The highest BCUT2D eigenvalue weighted by molar-refractivity contribution is 6.09. The van der Waals surface area contributed by atoms with E-state index in [2.05, 4.69) is 69.8 Å². The molecule has 2 amide bonds. The number of carbonyl (C=O) groups excluding carboxylic acids is 4. The van der Waals surface area contributed by atoms with E-state index in [4.69, 9.17) is 9.84 Å². The molecule has 0 radical (unpaired) electrons. The summed E-state index contributed by atoms with van der Waals surface area (Å²) in [5.74, 6) is -2.39. The van der Waals surface area contributed by atoms with Gasteiger partial charge >= 0.3 is 5.97 Å². The first-order chi connectivity index (χ1) is 31.7. The summed E-state index contributed by atoms with van der Waals surface area (Å²) in [6.07, 6.45) is 2.26. The predicted octanol–water partition coefficient (Wildman–Crippen LogP) is 4.77. The maximum Gasteiger partial charge on any atom is 0.310 e. The maximum absolute atomic E-state index is 12.2. The molecule has 0 fully saturated rings. The number of benzene rings is 6. The standard InChI is InChI=1S/C16H14O3.C14H14O3.2C12H16N2O/c1-11(16(18)19)13-8-5-9-14(10-13)15(17)12-6-3-2-4-7-12;1-9(14(15)16)10-3-4-12-8-13(17-2)6-5-11(12)7-10;2*1-9(15)14-8-12-11-5-3-2-4-10(11)6-7-13-12/h2-11H,1H3,(H,18,19);3-9H,1-2H3,(H,15,16);2*2-5,12-13H,6-8H2,1H3,(H,14,15)/p+1/t11-;9-;2*12-/m0000/s1. The third-order valence-corrected chi connectivity index (χ3v) is 11.8. The van der Waals surface area contributed by atoms with E-state index in [1.54, 1.807) is 83.3 Å². The van der Waals surface area contributed by atoms with Crippen LogP contribution in [0.25, 0.3) is 10.8 Å². The number of ketones is 1. The Kier molecular flexibility index (Phi) is 18.7. The fraction of sp³-hybridized carbons (Fsp3) is 0.278. The molecule has 0 spiro atoms. The maximum atomic E-state index is 12.2. The minimum absolute atomic E-state index is 0.0476. The fourth-order valence-corrected chi connectivity index (χ4v) is 7.90. The summed E-state index contributed by atoms with van der Waals surface area (Å²) in [7, 11) is 1.63. The van der Waals surface area contributed by atoms with Gasteiger partial charge in [0.05, 0.1) is 39.2 Å². The van der Waals surface area contributed by atoms with Crippen LogP contribution in [0.5, 0.6) is 5.75 Å². The topological polar surface area (TPSA) is 195 Å². The highest BCUT2D eigenvalue weighted by atomic mass is 16.5. The van der Waals surface area contributed by atoms with Crippen LogP contribution in [0.2, 0.25) is 0 Å². The van der Waals surface area contributed by atoms with Gasteiger partial charge in [-0.15, -0.1) is 0 Å². The molecule has 0 aromatic heterocycles. The monoisotopic (exact) mass is 893 g/mol. The first-order valence-electron chi connectivity index (χ1n) is 22.3. The zero-order valence-corrected chi connectivity index (χ0v) is 38.3. The smallest absolute Gasteiger partial charge is 0.310 e. The van der Waals surface area contributed by atoms with Gasteiger partial charge in [-0.3, -0.25) is 19.2 Å². The molecule has 4 atom stereocenters. The molecule has 6 aromatic rings. The molecule has 6 aromatic carbocycles. The van der Waals surface area contributed by atoms with E-state index in [1.165, 1.54) is 22.3 Å². The first-order valence-corrected chi connectivity index (χ1v) is 22.3. The molecule has 344 valence electrons. The summed E-state index contributed by atoms with van der Waals surface area (Å²) < 4.78 is 5.14. The van der Waals surface area contributed by atoms with Gasteiger partial charge in [0.1, 0.15) is 17.8 Å². The Labute approximate surface area is 386 Å². The number of amides is 2. The number of carbonyl (C=O) groups is 5. The number of quaternary nitrogens is 2. The van der Waals surface area contributed by atoms with E-state index in [-0.39, 0.29) is 17.6 Å². The van der Waals surface area contributed by atoms with Crippen LogP contribution in [0.3, 0.4) is 0 Å². The van der Waals surface area contributed by atoms with Crippen LogP contribution in [0, 0.1) is 0 Å². The summed E-state index contributed by atoms with van der Waals surface area (Å²) in [6.45, 7) is 10.0. The van der Waals surface area contributed by atoms with Crippen molar-refractivity contribution in [3.05, 3.63) is 184 Å². The van der Waals surface area contributed by atoms with Crippen molar-refractivity contribution >= 4 is 40.3 Å². The second-order valence-electron chi connectivity index (χ2n) is 16.4. The Morgan fingerprint density at radius 1 is 0.621 bits per heavy atom. The van der Waals surface area contributed by atoms with Gasteiger partial charge in [0.15, 0.2) is 5.78 Å². The quantitative estimate of drug-likeness (QED) is 0.115. The van der Waals surface area contributed by atoms with Crippen LogP contribution < -0.4 is 31.1 Å². The Bertz CT molecular complexity index is 2530. The van der Waals surface area contributed by atoms with Crippen molar-refractivity contribution in [2.45, 2.75) is 64.5 Å². The largest absolute Gasteiger partial charge is 0.550 e. The van der Waals surface area contributed by atoms with E-state index in [9.17, 15) is 29.1 Å². The van der Waals surface area contributed by atoms with Crippen molar-refractivity contribution in [3.8, 4) is 5.75 Å². The summed E-state index contributed by atoms with van der Waals surface area (Å²) in [5.41, 5.74) is 8.05. The van der Waals surface area contributed by atoms with Crippen LogP contribution in [-0.4, -0.2) is 67.9 Å². The number of fused-ring (bicyclic) bond motifs is 3. The highest BCUT2D eigenvalue weighted by Gasteiger charge is 2.23. The van der Waals surface area contributed by atoms with Crippen molar-refractivity contribution in [1.29, 1.82) is 0 Å². The minimum atomic E-state index is -1.15. The molecule has 0 unspecified atom stereocenters. The van der Waals surface area contributed by atoms with Gasteiger partial charge < -0.3 is 41.0 Å². The van der Waals surface area contributed by atoms with E-state index in [0.717, 1.165) is 61.1 Å². The van der Waals surface area contributed by atoms with Gasteiger partial charge in [-0.2, -0.15) is 0 Å². The molecule has 0 saturated carbocycles. The molecule has 2 aliphatic heterocycles. The molecule has 0 aliphatic carbocycles. The van der Waals surface area contributed by atoms with Crippen LogP contribution in [0.15, 0.2) is 140 Å². The lowest BCUT2D eigenvalue weighted by molar-refractivity contribution is -0.697. The van der Waals surface area contributed by atoms with E-state index in [1.807, 2.05) is 42.5 Å². The highest BCUT2D eigenvalue weighted by Crippen LogP contribution is 2.26. The Hall–Kier alpha value is -7.15. The summed E-state index contributed by atoms with van der Waals surface area (Å²) in [5, 5.41) is 32.3. The minimum Gasteiger partial charge on any atom is -0.550 e. The average Bonchev–Trinajstić information content (AvgIpc) is 3.34. The Balaban J connectivity index is 0.000000166. The molecule has 66 heavy (non-hydrogen) atoms. The molecule has 7 N–H and O–H groups in total. The molecule has 2 heterocycles. The Morgan fingerprint density at radius 3 is 1.65 bits per heavy atom. The number of ether oxygens (including phenoxy) is 1.